The lowest BCUT2D eigenvalue weighted by Crippen LogP contribution is -2.12. The third-order valence-electron chi connectivity index (χ3n) is 5.08. The molecule has 0 aromatic heterocycles. The van der Waals surface area contributed by atoms with Gasteiger partial charge in [0, 0.05) is 0 Å². The van der Waals surface area contributed by atoms with Crippen molar-refractivity contribution < 1.29 is 9.53 Å². The van der Waals surface area contributed by atoms with E-state index in [1.165, 1.54) is 16.5 Å². The van der Waals surface area contributed by atoms with Crippen molar-refractivity contribution in [3.05, 3.63) is 53.1 Å². The summed E-state index contributed by atoms with van der Waals surface area (Å²) in [4.78, 5) is 10.5. The molecule has 1 atom stereocenters. The van der Waals surface area contributed by atoms with E-state index < -0.39 is 0 Å². The molecular weight excluding hydrogens is 344 g/mol. The summed E-state index contributed by atoms with van der Waals surface area (Å²) in [6.45, 7) is 21.8. The van der Waals surface area contributed by atoms with Gasteiger partial charge in [-0.05, 0) is 65.6 Å². The number of allylic oxidation sites excluding steroid dienone is 1. The highest BCUT2D eigenvalue weighted by atomic mass is 16.5. The molecule has 2 aromatic rings. The van der Waals surface area contributed by atoms with Crippen LogP contribution in [-0.2, 0) is 9.53 Å². The van der Waals surface area contributed by atoms with Crippen molar-refractivity contribution in [2.24, 2.45) is 11.3 Å². The summed E-state index contributed by atoms with van der Waals surface area (Å²) in [6, 6.07) is 10.4. The SMILES string of the molecule is C/C=C\c1cc2c(C(C)OC=O)cccc2cc1C.CC.CC(C)C(C)(C)C. The van der Waals surface area contributed by atoms with Crippen molar-refractivity contribution in [2.45, 2.75) is 75.3 Å². The molecule has 0 bridgehead atoms. The lowest BCUT2D eigenvalue weighted by atomic mass is 9.84. The molecule has 2 aromatic carbocycles. The van der Waals surface area contributed by atoms with Crippen molar-refractivity contribution in [3.8, 4) is 0 Å². The monoisotopic (exact) mass is 384 g/mol. The standard InChI is InChI=1S/C17H18O2.C7H16.C2H6/c1-4-6-14-10-17-15(9-12(14)2)7-5-8-16(17)13(3)19-11-18;1-6(2)7(3,4)5;1-2/h4-11,13H,1-3H3;6H,1-5H3;1-2H3/b6-4-;;. The second-order valence-corrected chi connectivity index (χ2v) is 8.17. The van der Waals surface area contributed by atoms with Gasteiger partial charge in [0.15, 0.2) is 0 Å². The van der Waals surface area contributed by atoms with Gasteiger partial charge in [-0.2, -0.15) is 0 Å². The maximum atomic E-state index is 10.5. The lowest BCUT2D eigenvalue weighted by Gasteiger charge is -2.22. The summed E-state index contributed by atoms with van der Waals surface area (Å²) in [7, 11) is 0. The molecule has 2 rings (SSSR count). The Morgan fingerprint density at radius 2 is 1.61 bits per heavy atom. The van der Waals surface area contributed by atoms with Crippen LogP contribution in [0.5, 0.6) is 0 Å². The van der Waals surface area contributed by atoms with E-state index in [-0.39, 0.29) is 6.10 Å². The number of benzene rings is 2. The molecule has 28 heavy (non-hydrogen) atoms. The van der Waals surface area contributed by atoms with Crippen LogP contribution in [0.4, 0.5) is 0 Å². The quantitative estimate of drug-likeness (QED) is 0.497. The first kappa shape index (κ1) is 25.9. The van der Waals surface area contributed by atoms with Crippen LogP contribution >= 0.6 is 0 Å². The number of ether oxygens (including phenoxy) is 1. The van der Waals surface area contributed by atoms with E-state index in [9.17, 15) is 4.79 Å². The second-order valence-electron chi connectivity index (χ2n) is 8.17. The minimum absolute atomic E-state index is 0.234. The van der Waals surface area contributed by atoms with Gasteiger partial charge in [0.05, 0.1) is 0 Å². The Labute approximate surface area is 173 Å². The fourth-order valence-electron chi connectivity index (χ4n) is 2.35. The number of carbonyl (C=O) groups is 1. The zero-order chi connectivity index (χ0) is 21.9. The molecule has 0 N–H and O–H groups in total. The number of aryl methyl sites for hydroxylation is 1. The van der Waals surface area contributed by atoms with Gasteiger partial charge in [-0.3, -0.25) is 4.79 Å². The molecule has 0 amide bonds. The first-order valence-electron chi connectivity index (χ1n) is 10.4. The Morgan fingerprint density at radius 1 is 1.04 bits per heavy atom. The van der Waals surface area contributed by atoms with Crippen molar-refractivity contribution in [3.63, 3.8) is 0 Å². The van der Waals surface area contributed by atoms with Crippen molar-refractivity contribution >= 4 is 23.3 Å². The molecule has 0 radical (unpaired) electrons. The molecule has 0 aliphatic rings. The van der Waals surface area contributed by atoms with Gasteiger partial charge in [-0.1, -0.05) is 84.9 Å². The highest BCUT2D eigenvalue weighted by Gasteiger charge is 2.13. The molecule has 2 heteroatoms. The third-order valence-corrected chi connectivity index (χ3v) is 5.08. The molecule has 156 valence electrons. The predicted molar refractivity (Wildman–Crippen MR) is 125 cm³/mol. The van der Waals surface area contributed by atoms with E-state index in [1.807, 2.05) is 45.9 Å². The smallest absolute Gasteiger partial charge is 0.293 e. The van der Waals surface area contributed by atoms with Crippen LogP contribution in [0.25, 0.3) is 16.8 Å². The zero-order valence-corrected chi connectivity index (χ0v) is 19.6. The van der Waals surface area contributed by atoms with Crippen LogP contribution in [-0.4, -0.2) is 6.47 Å². The Balaban J connectivity index is 0.000000688. The number of fused-ring (bicyclic) bond motifs is 1. The summed E-state index contributed by atoms with van der Waals surface area (Å²) in [5.74, 6) is 0.799. The molecular formula is C26H40O2. The molecule has 0 heterocycles. The van der Waals surface area contributed by atoms with Crippen LogP contribution in [0.15, 0.2) is 36.4 Å². The van der Waals surface area contributed by atoms with Crippen molar-refractivity contribution in [2.75, 3.05) is 0 Å². The number of hydrogen-bond donors (Lipinski definition) is 0. The Bertz CT molecular complexity index is 749. The number of carbonyl (C=O) groups excluding carboxylic acids is 1. The third kappa shape index (κ3) is 7.88. The fraction of sp³-hybridized carbons (Fsp3) is 0.500. The van der Waals surface area contributed by atoms with Crippen molar-refractivity contribution in [1.82, 2.24) is 0 Å². The van der Waals surface area contributed by atoms with E-state index >= 15 is 0 Å². The van der Waals surface area contributed by atoms with Gasteiger partial charge in [0.2, 0.25) is 0 Å². The van der Waals surface area contributed by atoms with Gasteiger partial charge in [0.25, 0.3) is 6.47 Å². The summed E-state index contributed by atoms with van der Waals surface area (Å²) in [5.41, 5.74) is 3.97. The van der Waals surface area contributed by atoms with E-state index in [0.717, 1.165) is 16.9 Å². The van der Waals surface area contributed by atoms with E-state index in [0.29, 0.717) is 11.9 Å². The first-order chi connectivity index (χ1) is 13.1. The number of hydrogen-bond acceptors (Lipinski definition) is 2. The van der Waals surface area contributed by atoms with Crippen molar-refractivity contribution in [1.29, 1.82) is 0 Å². The largest absolute Gasteiger partial charge is 0.460 e. The highest BCUT2D eigenvalue weighted by molar-refractivity contribution is 5.89. The summed E-state index contributed by atoms with van der Waals surface area (Å²) < 4.78 is 5.07. The molecule has 0 aliphatic heterocycles. The fourth-order valence-corrected chi connectivity index (χ4v) is 2.35. The van der Waals surface area contributed by atoms with E-state index in [4.69, 9.17) is 4.74 Å². The van der Waals surface area contributed by atoms with Gasteiger partial charge >= 0.3 is 0 Å². The average Bonchev–Trinajstić information content (AvgIpc) is 2.63. The van der Waals surface area contributed by atoms with Gasteiger partial charge < -0.3 is 4.74 Å². The van der Waals surface area contributed by atoms with Crippen LogP contribution in [0.2, 0.25) is 0 Å². The number of rotatable bonds is 4. The van der Waals surface area contributed by atoms with E-state index in [1.54, 1.807) is 0 Å². The topological polar surface area (TPSA) is 26.3 Å². The van der Waals surface area contributed by atoms with Crippen LogP contribution in [0, 0.1) is 18.3 Å². The Hall–Kier alpha value is -2.09. The highest BCUT2D eigenvalue weighted by Crippen LogP contribution is 2.29. The molecule has 0 spiro atoms. The Kier molecular flexibility index (Phi) is 11.5. The van der Waals surface area contributed by atoms with Crippen LogP contribution < -0.4 is 0 Å². The van der Waals surface area contributed by atoms with Gasteiger partial charge in [-0.15, -0.1) is 0 Å². The van der Waals surface area contributed by atoms with Crippen LogP contribution in [0.3, 0.4) is 0 Å². The Morgan fingerprint density at radius 3 is 2.07 bits per heavy atom. The van der Waals surface area contributed by atoms with Gasteiger partial charge in [0.1, 0.15) is 6.10 Å². The van der Waals surface area contributed by atoms with Crippen LogP contribution in [0.1, 0.15) is 85.1 Å². The summed E-state index contributed by atoms with van der Waals surface area (Å²) in [6.07, 6.45) is 3.89. The molecule has 2 nitrogen and oxygen atoms in total. The molecule has 0 saturated heterocycles. The minimum Gasteiger partial charge on any atom is -0.460 e. The second kappa shape index (κ2) is 12.4. The normalized spacial score (nSPS) is 12.1. The van der Waals surface area contributed by atoms with E-state index in [2.05, 4.69) is 65.8 Å². The van der Waals surface area contributed by atoms with Gasteiger partial charge in [-0.25, -0.2) is 0 Å². The summed E-state index contributed by atoms with van der Waals surface area (Å²) in [5, 5.41) is 2.31. The molecule has 0 saturated carbocycles. The summed E-state index contributed by atoms with van der Waals surface area (Å²) >= 11 is 0. The zero-order valence-electron chi connectivity index (χ0n) is 19.6. The first-order valence-corrected chi connectivity index (χ1v) is 10.4. The molecule has 0 fully saturated rings. The molecule has 0 aliphatic carbocycles. The maximum Gasteiger partial charge on any atom is 0.293 e. The maximum absolute atomic E-state index is 10.5. The minimum atomic E-state index is -0.234. The average molecular weight is 385 g/mol. The lowest BCUT2D eigenvalue weighted by molar-refractivity contribution is -0.133. The predicted octanol–water partition coefficient (Wildman–Crippen LogP) is 8.13. The molecule has 1 unspecified atom stereocenters.